The van der Waals surface area contributed by atoms with Crippen molar-refractivity contribution in [3.63, 3.8) is 0 Å². The lowest BCUT2D eigenvalue weighted by Crippen LogP contribution is -2.26. The maximum absolute atomic E-state index is 11.0. The number of hydrogen-bond donors (Lipinski definition) is 2. The average Bonchev–Trinajstić information content (AvgIpc) is 2.16. The normalized spacial score (nSPS) is 9.31. The quantitative estimate of drug-likeness (QED) is 0.740. The van der Waals surface area contributed by atoms with Crippen molar-refractivity contribution in [2.75, 3.05) is 12.4 Å². The molecule has 1 rings (SSSR count). The summed E-state index contributed by atoms with van der Waals surface area (Å²) in [6.45, 7) is 1.21. The largest absolute Gasteiger partial charge is 0.357 e. The van der Waals surface area contributed by atoms with E-state index in [9.17, 15) is 4.79 Å². The van der Waals surface area contributed by atoms with E-state index < -0.39 is 0 Å². The van der Waals surface area contributed by atoms with Crippen molar-refractivity contribution in [3.8, 4) is 0 Å². The second-order valence-electron chi connectivity index (χ2n) is 2.32. The Morgan fingerprint density at radius 2 is 2.08 bits per heavy atom. The monoisotopic (exact) mass is 179 g/mol. The second-order valence-corrected chi connectivity index (χ2v) is 2.32. The van der Waals surface area contributed by atoms with E-state index in [2.05, 4.69) is 15.4 Å². The molecule has 1 aromatic carbocycles. The maximum atomic E-state index is 11.0. The van der Waals surface area contributed by atoms with E-state index in [-0.39, 0.29) is 6.03 Å². The summed E-state index contributed by atoms with van der Waals surface area (Å²) in [6.07, 6.45) is 0. The van der Waals surface area contributed by atoms with E-state index in [4.69, 9.17) is 0 Å². The predicted octanol–water partition coefficient (Wildman–Crippen LogP) is 1.57. The summed E-state index contributed by atoms with van der Waals surface area (Å²) in [6, 6.07) is 8.84. The van der Waals surface area contributed by atoms with Crippen LogP contribution < -0.4 is 10.6 Å². The Balaban J connectivity index is 2.37. The average molecular weight is 179 g/mol. The molecule has 13 heavy (non-hydrogen) atoms. The third kappa shape index (κ3) is 3.57. The van der Waals surface area contributed by atoms with E-state index in [1.54, 1.807) is 12.1 Å². The fourth-order valence-corrected chi connectivity index (χ4v) is 0.801. The number of carbonyl (C=O) groups is 1. The lowest BCUT2D eigenvalue weighted by Gasteiger charge is -2.04. The molecule has 1 aromatic rings. The molecule has 0 unspecified atom stereocenters. The minimum atomic E-state index is -0.326. The number of urea groups is 1. The van der Waals surface area contributed by atoms with E-state index in [0.717, 1.165) is 5.69 Å². The van der Waals surface area contributed by atoms with Crippen molar-refractivity contribution in [2.24, 2.45) is 0 Å². The summed E-state index contributed by atoms with van der Waals surface area (Å²) in [7, 11) is 1.46. The molecule has 0 spiro atoms. The first-order valence-corrected chi connectivity index (χ1v) is 3.80. The van der Waals surface area contributed by atoms with E-state index in [1.165, 1.54) is 13.8 Å². The first-order valence-electron chi connectivity index (χ1n) is 3.80. The van der Waals surface area contributed by atoms with Crippen molar-refractivity contribution in [3.05, 3.63) is 37.1 Å². The van der Waals surface area contributed by atoms with Gasteiger partial charge in [0.15, 0.2) is 6.73 Å². The second kappa shape index (κ2) is 5.16. The Kier molecular flexibility index (Phi) is 3.78. The summed E-state index contributed by atoms with van der Waals surface area (Å²) in [5, 5.41) is 5.00. The number of anilines is 1. The number of rotatable bonds is 3. The van der Waals surface area contributed by atoms with Crippen LogP contribution in [-0.2, 0) is 4.74 Å². The van der Waals surface area contributed by atoms with Crippen LogP contribution in [0, 0.1) is 6.73 Å². The van der Waals surface area contributed by atoms with E-state index in [1.807, 2.05) is 18.2 Å². The summed E-state index contributed by atoms with van der Waals surface area (Å²) in [5.74, 6) is 0. The van der Waals surface area contributed by atoms with E-state index >= 15 is 0 Å². The van der Waals surface area contributed by atoms with Crippen molar-refractivity contribution >= 4 is 11.7 Å². The van der Waals surface area contributed by atoms with Crippen LogP contribution in [0.5, 0.6) is 0 Å². The van der Waals surface area contributed by atoms with Gasteiger partial charge in [-0.25, -0.2) is 4.79 Å². The highest BCUT2D eigenvalue weighted by Crippen LogP contribution is 2.03. The van der Waals surface area contributed by atoms with Crippen LogP contribution in [0.25, 0.3) is 0 Å². The van der Waals surface area contributed by atoms with Gasteiger partial charge in [0.05, 0.1) is 0 Å². The van der Waals surface area contributed by atoms with Crippen LogP contribution in [0.2, 0.25) is 0 Å². The lowest BCUT2D eigenvalue weighted by molar-refractivity contribution is 0.228. The van der Waals surface area contributed by atoms with Crippen molar-refractivity contribution < 1.29 is 9.53 Å². The van der Waals surface area contributed by atoms with Gasteiger partial charge in [0.25, 0.3) is 0 Å². The molecule has 1 radical (unpaired) electrons. The number of methoxy groups -OCH3 is 1. The van der Waals surface area contributed by atoms with Crippen molar-refractivity contribution in [1.29, 1.82) is 0 Å². The molecule has 4 nitrogen and oxygen atoms in total. The lowest BCUT2D eigenvalue weighted by atomic mass is 10.3. The molecule has 0 bridgehead atoms. The molecule has 4 heteroatoms. The molecule has 0 fully saturated rings. The van der Waals surface area contributed by atoms with Gasteiger partial charge in [0.1, 0.15) is 0 Å². The Morgan fingerprint density at radius 3 is 2.69 bits per heavy atom. The predicted molar refractivity (Wildman–Crippen MR) is 49.9 cm³/mol. The highest BCUT2D eigenvalue weighted by molar-refractivity contribution is 5.89. The molecule has 0 saturated heterocycles. The summed E-state index contributed by atoms with van der Waals surface area (Å²) in [5.41, 5.74) is 0.740. The van der Waals surface area contributed by atoms with Crippen LogP contribution >= 0.6 is 0 Å². The number of para-hydroxylation sites is 1. The van der Waals surface area contributed by atoms with Gasteiger partial charge in [-0.05, 0) is 12.1 Å². The number of benzene rings is 1. The molecule has 2 amide bonds. The highest BCUT2D eigenvalue weighted by Gasteiger charge is 1.98. The number of nitrogens with one attached hydrogen (secondary N) is 2. The summed E-state index contributed by atoms with van der Waals surface area (Å²) < 4.78 is 4.55. The Labute approximate surface area is 76.9 Å². The van der Waals surface area contributed by atoms with Crippen LogP contribution in [0.3, 0.4) is 0 Å². The standard InChI is InChI=1S/C9H11N2O2/c1-13-7-10-9(12)11-8-5-3-2-4-6-8/h2-7H,1H3,(H2,10,11,12). The molecule has 0 aliphatic heterocycles. The first kappa shape index (κ1) is 9.54. The van der Waals surface area contributed by atoms with Crippen LogP contribution in [0.4, 0.5) is 10.5 Å². The minimum absolute atomic E-state index is 0.326. The number of carbonyl (C=O) groups excluding carboxylic acids is 1. The molecule has 0 saturated carbocycles. The zero-order valence-electron chi connectivity index (χ0n) is 7.28. The number of ether oxygens (including phenoxy) is 1. The van der Waals surface area contributed by atoms with Gasteiger partial charge in [-0.3, -0.25) is 0 Å². The zero-order chi connectivity index (χ0) is 9.52. The van der Waals surface area contributed by atoms with Gasteiger partial charge >= 0.3 is 6.03 Å². The molecule has 2 N–H and O–H groups in total. The van der Waals surface area contributed by atoms with Crippen molar-refractivity contribution in [1.82, 2.24) is 5.32 Å². The van der Waals surface area contributed by atoms with Gasteiger partial charge in [-0.1, -0.05) is 18.2 Å². The third-order valence-electron chi connectivity index (χ3n) is 1.34. The molecular formula is C9H11N2O2. The van der Waals surface area contributed by atoms with Gasteiger partial charge < -0.3 is 15.4 Å². The van der Waals surface area contributed by atoms with Gasteiger partial charge in [0, 0.05) is 12.8 Å². The Bertz CT molecular complexity index is 262. The molecule has 69 valence electrons. The van der Waals surface area contributed by atoms with Crippen LogP contribution in [0.1, 0.15) is 0 Å². The maximum Gasteiger partial charge on any atom is 0.321 e. The fraction of sp³-hybridized carbons (Fsp3) is 0.111. The topological polar surface area (TPSA) is 50.4 Å². The Hall–Kier alpha value is -1.55. The third-order valence-corrected chi connectivity index (χ3v) is 1.34. The first-order chi connectivity index (χ1) is 6.33. The molecular weight excluding hydrogens is 168 g/mol. The van der Waals surface area contributed by atoms with Crippen LogP contribution in [-0.4, -0.2) is 13.1 Å². The highest BCUT2D eigenvalue weighted by atomic mass is 16.5. The molecule has 0 atom stereocenters. The Morgan fingerprint density at radius 1 is 1.38 bits per heavy atom. The van der Waals surface area contributed by atoms with Crippen molar-refractivity contribution in [2.45, 2.75) is 0 Å². The van der Waals surface area contributed by atoms with Gasteiger partial charge in [0.2, 0.25) is 0 Å². The summed E-state index contributed by atoms with van der Waals surface area (Å²) >= 11 is 0. The minimum Gasteiger partial charge on any atom is -0.357 e. The molecule has 0 aliphatic rings. The van der Waals surface area contributed by atoms with Crippen LogP contribution in [0.15, 0.2) is 30.3 Å². The molecule has 0 aromatic heterocycles. The molecule has 0 heterocycles. The number of amides is 2. The van der Waals surface area contributed by atoms with Gasteiger partial charge in [-0.2, -0.15) is 0 Å². The number of hydrogen-bond acceptors (Lipinski definition) is 2. The smallest absolute Gasteiger partial charge is 0.321 e. The zero-order valence-corrected chi connectivity index (χ0v) is 7.28. The fourth-order valence-electron chi connectivity index (χ4n) is 0.801. The SMILES string of the molecule is CO[CH]NC(=O)Nc1ccccc1. The van der Waals surface area contributed by atoms with E-state index in [0.29, 0.717) is 0 Å². The molecule has 0 aliphatic carbocycles. The van der Waals surface area contributed by atoms with Gasteiger partial charge in [-0.15, -0.1) is 0 Å². The summed E-state index contributed by atoms with van der Waals surface area (Å²) in [4.78, 5) is 11.0.